The molecule has 0 radical (unpaired) electrons. The highest BCUT2D eigenvalue weighted by atomic mass is 16.3. The van der Waals surface area contributed by atoms with E-state index in [1.54, 1.807) is 18.3 Å². The van der Waals surface area contributed by atoms with Crippen molar-refractivity contribution in [2.75, 3.05) is 0 Å². The van der Waals surface area contributed by atoms with Gasteiger partial charge in [-0.25, -0.2) is 5.43 Å². The van der Waals surface area contributed by atoms with Crippen LogP contribution in [0.1, 0.15) is 15.9 Å². The molecule has 0 heterocycles. The molecule has 0 aliphatic rings. The monoisotopic (exact) mass is 340 g/mol. The maximum absolute atomic E-state index is 12.3. The lowest BCUT2D eigenvalue weighted by atomic mass is 10.1. The number of rotatable bonds is 3. The Labute approximate surface area is 150 Å². The van der Waals surface area contributed by atoms with Crippen LogP contribution in [0.2, 0.25) is 0 Å². The summed E-state index contributed by atoms with van der Waals surface area (Å²) in [5, 5.41) is 18.1. The lowest BCUT2D eigenvalue weighted by Crippen LogP contribution is -2.17. The second kappa shape index (κ2) is 6.69. The summed E-state index contributed by atoms with van der Waals surface area (Å²) in [5.41, 5.74) is 3.55. The van der Waals surface area contributed by atoms with Crippen molar-refractivity contribution in [1.29, 1.82) is 0 Å². The third-order valence-electron chi connectivity index (χ3n) is 4.26. The quantitative estimate of drug-likeness (QED) is 0.427. The number of hydrogen-bond acceptors (Lipinski definition) is 3. The van der Waals surface area contributed by atoms with Crippen molar-refractivity contribution in [3.05, 3.63) is 90.0 Å². The van der Waals surface area contributed by atoms with Gasteiger partial charge in [-0.05, 0) is 45.3 Å². The molecule has 0 aromatic heterocycles. The largest absolute Gasteiger partial charge is 0.507 e. The standard InChI is InChI=1S/C22H16N2O2/c25-21-13-19-8-4-3-7-18(19)12-20(21)22(26)24-23-14-15-9-10-16-5-1-2-6-17(16)11-15/h1-14,25H,(H,24,26). The van der Waals surface area contributed by atoms with Gasteiger partial charge in [0.25, 0.3) is 5.91 Å². The van der Waals surface area contributed by atoms with Gasteiger partial charge < -0.3 is 5.11 Å². The Hall–Kier alpha value is -3.66. The molecule has 0 aliphatic heterocycles. The fourth-order valence-electron chi connectivity index (χ4n) is 2.92. The zero-order chi connectivity index (χ0) is 17.9. The molecule has 0 atom stereocenters. The van der Waals surface area contributed by atoms with Crippen molar-refractivity contribution in [3.63, 3.8) is 0 Å². The number of aromatic hydroxyl groups is 1. The molecular weight excluding hydrogens is 324 g/mol. The number of carbonyl (C=O) groups is 1. The van der Waals surface area contributed by atoms with Crippen LogP contribution in [0.4, 0.5) is 0 Å². The third-order valence-corrected chi connectivity index (χ3v) is 4.26. The van der Waals surface area contributed by atoms with Crippen molar-refractivity contribution in [2.45, 2.75) is 0 Å². The number of phenols is 1. The highest BCUT2D eigenvalue weighted by Crippen LogP contribution is 2.24. The fraction of sp³-hybridized carbons (Fsp3) is 0. The predicted molar refractivity (Wildman–Crippen MR) is 105 cm³/mol. The molecule has 0 fully saturated rings. The summed E-state index contributed by atoms with van der Waals surface area (Å²) in [4.78, 5) is 12.3. The number of benzene rings is 4. The molecule has 4 aromatic carbocycles. The van der Waals surface area contributed by atoms with Gasteiger partial charge in [0.2, 0.25) is 0 Å². The van der Waals surface area contributed by atoms with Gasteiger partial charge in [-0.1, -0.05) is 60.7 Å². The molecular formula is C22H16N2O2. The van der Waals surface area contributed by atoms with Crippen molar-refractivity contribution in [2.24, 2.45) is 5.10 Å². The van der Waals surface area contributed by atoms with Gasteiger partial charge in [0.1, 0.15) is 5.75 Å². The second-order valence-corrected chi connectivity index (χ2v) is 6.02. The van der Waals surface area contributed by atoms with Crippen LogP contribution < -0.4 is 5.43 Å². The number of hydrogen-bond donors (Lipinski definition) is 2. The van der Waals surface area contributed by atoms with Gasteiger partial charge >= 0.3 is 0 Å². The second-order valence-electron chi connectivity index (χ2n) is 6.02. The topological polar surface area (TPSA) is 61.7 Å². The molecule has 0 aliphatic carbocycles. The number of nitrogens with zero attached hydrogens (tertiary/aromatic N) is 1. The van der Waals surface area contributed by atoms with E-state index in [4.69, 9.17) is 0 Å². The minimum absolute atomic E-state index is 0.0675. The van der Waals surface area contributed by atoms with Crippen LogP contribution in [0, 0.1) is 0 Å². The number of hydrazone groups is 1. The van der Waals surface area contributed by atoms with Crippen molar-refractivity contribution in [1.82, 2.24) is 5.43 Å². The lowest BCUT2D eigenvalue weighted by Gasteiger charge is -2.05. The van der Waals surface area contributed by atoms with E-state index in [9.17, 15) is 9.90 Å². The van der Waals surface area contributed by atoms with Crippen LogP contribution in [-0.4, -0.2) is 17.2 Å². The molecule has 0 unspecified atom stereocenters. The Morgan fingerprint density at radius 1 is 0.808 bits per heavy atom. The Bertz CT molecular complexity index is 1150. The highest BCUT2D eigenvalue weighted by Gasteiger charge is 2.11. The zero-order valence-corrected chi connectivity index (χ0v) is 13.9. The normalized spacial score (nSPS) is 11.2. The van der Waals surface area contributed by atoms with Crippen LogP contribution in [0.25, 0.3) is 21.5 Å². The molecule has 126 valence electrons. The first-order chi connectivity index (χ1) is 12.7. The molecule has 4 aromatic rings. The number of phenolic OH excluding ortho intramolecular Hbond substituents is 1. The van der Waals surface area contributed by atoms with Gasteiger partial charge in [-0.3, -0.25) is 4.79 Å². The maximum atomic E-state index is 12.3. The first-order valence-corrected chi connectivity index (χ1v) is 8.25. The van der Waals surface area contributed by atoms with E-state index in [-0.39, 0.29) is 11.3 Å². The molecule has 0 saturated heterocycles. The third kappa shape index (κ3) is 3.13. The first-order valence-electron chi connectivity index (χ1n) is 8.25. The Kier molecular flexibility index (Phi) is 4.07. The predicted octanol–water partition coefficient (Wildman–Crippen LogP) is 4.46. The zero-order valence-electron chi connectivity index (χ0n) is 13.9. The van der Waals surface area contributed by atoms with Crippen molar-refractivity contribution in [3.8, 4) is 5.75 Å². The molecule has 2 N–H and O–H groups in total. The molecule has 0 spiro atoms. The van der Waals surface area contributed by atoms with E-state index in [2.05, 4.69) is 10.5 Å². The molecule has 26 heavy (non-hydrogen) atoms. The van der Waals surface area contributed by atoms with E-state index < -0.39 is 5.91 Å². The van der Waals surface area contributed by atoms with E-state index in [0.717, 1.165) is 27.1 Å². The van der Waals surface area contributed by atoms with Gasteiger partial charge in [0.15, 0.2) is 0 Å². The van der Waals surface area contributed by atoms with E-state index >= 15 is 0 Å². The Morgan fingerprint density at radius 2 is 1.42 bits per heavy atom. The van der Waals surface area contributed by atoms with Gasteiger partial charge in [-0.2, -0.15) is 5.10 Å². The van der Waals surface area contributed by atoms with Gasteiger partial charge in [0, 0.05) is 0 Å². The van der Waals surface area contributed by atoms with E-state index in [1.165, 1.54) is 0 Å². The summed E-state index contributed by atoms with van der Waals surface area (Å²) in [6, 6.07) is 24.8. The number of amides is 1. The minimum Gasteiger partial charge on any atom is -0.507 e. The van der Waals surface area contributed by atoms with Crippen molar-refractivity contribution < 1.29 is 9.90 Å². The number of carbonyl (C=O) groups excluding carboxylic acids is 1. The molecule has 1 amide bonds. The summed E-state index contributed by atoms with van der Waals surface area (Å²) in [7, 11) is 0. The molecule has 4 rings (SSSR count). The van der Waals surface area contributed by atoms with Gasteiger partial charge in [-0.15, -0.1) is 0 Å². The summed E-state index contributed by atoms with van der Waals surface area (Å²) in [5.74, 6) is -0.521. The summed E-state index contributed by atoms with van der Waals surface area (Å²) < 4.78 is 0. The van der Waals surface area contributed by atoms with E-state index in [0.29, 0.717) is 0 Å². The summed E-state index contributed by atoms with van der Waals surface area (Å²) in [6.07, 6.45) is 1.59. The SMILES string of the molecule is O=C(NN=Cc1ccc2ccccc2c1)c1cc2ccccc2cc1O. The average molecular weight is 340 g/mol. The van der Waals surface area contributed by atoms with Crippen LogP contribution in [0.15, 0.2) is 84.0 Å². The van der Waals surface area contributed by atoms with E-state index in [1.807, 2.05) is 66.7 Å². The summed E-state index contributed by atoms with van der Waals surface area (Å²) in [6.45, 7) is 0. The fourth-order valence-corrected chi connectivity index (χ4v) is 2.92. The van der Waals surface area contributed by atoms with Crippen molar-refractivity contribution >= 4 is 33.7 Å². The van der Waals surface area contributed by atoms with Gasteiger partial charge in [0.05, 0.1) is 11.8 Å². The Morgan fingerprint density at radius 3 is 2.15 bits per heavy atom. The maximum Gasteiger partial charge on any atom is 0.275 e. The molecule has 0 saturated carbocycles. The lowest BCUT2D eigenvalue weighted by molar-refractivity contribution is 0.0952. The minimum atomic E-state index is -0.453. The molecule has 4 nitrogen and oxygen atoms in total. The number of fused-ring (bicyclic) bond motifs is 2. The van der Waals surface area contributed by atoms with Crippen LogP contribution >= 0.6 is 0 Å². The van der Waals surface area contributed by atoms with Crippen LogP contribution in [0.3, 0.4) is 0 Å². The Balaban J connectivity index is 1.54. The number of nitrogens with one attached hydrogen (secondary N) is 1. The first kappa shape index (κ1) is 15.8. The summed E-state index contributed by atoms with van der Waals surface area (Å²) >= 11 is 0. The molecule has 4 heteroatoms. The van der Waals surface area contributed by atoms with Crippen LogP contribution in [-0.2, 0) is 0 Å². The average Bonchev–Trinajstić information content (AvgIpc) is 2.67. The molecule has 0 bridgehead atoms. The van der Waals surface area contributed by atoms with Crippen LogP contribution in [0.5, 0.6) is 5.75 Å². The smallest absolute Gasteiger partial charge is 0.275 e. The highest BCUT2D eigenvalue weighted by molar-refractivity contribution is 6.02.